The number of nitrogens with one attached hydrogen (secondary N) is 1. The Morgan fingerprint density at radius 1 is 1.24 bits per heavy atom. The highest BCUT2D eigenvalue weighted by Crippen LogP contribution is 2.34. The third kappa shape index (κ3) is 3.61. The third-order valence-corrected chi connectivity index (χ3v) is 5.04. The Kier molecular flexibility index (Phi) is 4.94. The van der Waals surface area contributed by atoms with E-state index < -0.39 is 5.97 Å². The highest BCUT2D eigenvalue weighted by Gasteiger charge is 2.22. The molecule has 1 aliphatic rings. The molecule has 25 heavy (non-hydrogen) atoms. The van der Waals surface area contributed by atoms with Crippen molar-refractivity contribution < 1.29 is 23.8 Å². The highest BCUT2D eigenvalue weighted by molar-refractivity contribution is 7.16. The summed E-state index contributed by atoms with van der Waals surface area (Å²) in [6.45, 7) is 6.01. The molecule has 1 N–H and O–H groups in total. The third-order valence-electron chi connectivity index (χ3n) is 3.92. The molecule has 0 spiro atoms. The van der Waals surface area contributed by atoms with Gasteiger partial charge in [0, 0.05) is 4.88 Å². The number of hydrogen-bond acceptors (Lipinski definition) is 6. The molecule has 1 aliphatic heterocycles. The van der Waals surface area contributed by atoms with E-state index >= 15 is 0 Å². The van der Waals surface area contributed by atoms with Gasteiger partial charge in [0.05, 0.1) is 18.6 Å². The first-order valence-electron chi connectivity index (χ1n) is 7.95. The highest BCUT2D eigenvalue weighted by atomic mass is 32.1. The van der Waals surface area contributed by atoms with Gasteiger partial charge in [-0.1, -0.05) is 6.07 Å². The zero-order chi connectivity index (χ0) is 18.0. The van der Waals surface area contributed by atoms with E-state index in [0.717, 1.165) is 16.0 Å². The number of amides is 1. The fourth-order valence-electron chi connectivity index (χ4n) is 2.57. The van der Waals surface area contributed by atoms with Crippen LogP contribution in [-0.4, -0.2) is 25.3 Å². The summed E-state index contributed by atoms with van der Waals surface area (Å²) in [7, 11) is 0. The van der Waals surface area contributed by atoms with Crippen LogP contribution in [0.3, 0.4) is 0 Å². The molecular formula is C18H19NO5S. The van der Waals surface area contributed by atoms with Crippen molar-refractivity contribution in [1.29, 1.82) is 0 Å². The minimum absolute atomic E-state index is 0.175. The van der Waals surface area contributed by atoms with Gasteiger partial charge in [-0.25, -0.2) is 4.79 Å². The first kappa shape index (κ1) is 17.3. The minimum atomic E-state index is -0.414. The molecule has 0 radical (unpaired) electrons. The molecule has 132 valence electrons. The van der Waals surface area contributed by atoms with Crippen LogP contribution in [-0.2, 0) is 16.0 Å². The summed E-state index contributed by atoms with van der Waals surface area (Å²) < 4.78 is 15.7. The Bertz CT molecular complexity index is 827. The van der Waals surface area contributed by atoms with Gasteiger partial charge in [-0.05, 0) is 44.0 Å². The fourth-order valence-corrected chi connectivity index (χ4v) is 3.64. The molecule has 0 fully saturated rings. The average Bonchev–Trinajstić information content (AvgIpc) is 3.12. The summed E-state index contributed by atoms with van der Waals surface area (Å²) >= 11 is 1.38. The van der Waals surface area contributed by atoms with Crippen LogP contribution >= 0.6 is 11.3 Å². The SMILES string of the molecule is CCOC(=O)c1c(NC(=O)Cc2ccc3c(c2)OCO3)sc(C)c1C. The lowest BCUT2D eigenvalue weighted by Crippen LogP contribution is -2.16. The average molecular weight is 361 g/mol. The van der Waals surface area contributed by atoms with Crippen molar-refractivity contribution in [2.24, 2.45) is 0 Å². The van der Waals surface area contributed by atoms with Crippen molar-refractivity contribution in [1.82, 2.24) is 0 Å². The lowest BCUT2D eigenvalue weighted by Gasteiger charge is -2.07. The van der Waals surface area contributed by atoms with Crippen LogP contribution in [0.5, 0.6) is 11.5 Å². The molecule has 1 aromatic carbocycles. The van der Waals surface area contributed by atoms with Gasteiger partial charge in [0.2, 0.25) is 12.7 Å². The number of carbonyl (C=O) groups is 2. The predicted molar refractivity (Wildman–Crippen MR) is 94.6 cm³/mol. The maximum Gasteiger partial charge on any atom is 0.341 e. The molecule has 0 unspecified atom stereocenters. The van der Waals surface area contributed by atoms with Gasteiger partial charge in [-0.15, -0.1) is 11.3 Å². The van der Waals surface area contributed by atoms with Gasteiger partial charge in [-0.2, -0.15) is 0 Å². The van der Waals surface area contributed by atoms with Crippen LogP contribution in [0.4, 0.5) is 5.00 Å². The number of benzene rings is 1. The number of thiophene rings is 1. The van der Waals surface area contributed by atoms with Gasteiger partial charge < -0.3 is 19.5 Å². The molecule has 0 saturated heterocycles. The maximum atomic E-state index is 12.4. The minimum Gasteiger partial charge on any atom is -0.462 e. The summed E-state index contributed by atoms with van der Waals surface area (Å²) in [5.74, 6) is 0.701. The van der Waals surface area contributed by atoms with Crippen molar-refractivity contribution in [3.05, 3.63) is 39.8 Å². The quantitative estimate of drug-likeness (QED) is 0.826. The molecule has 1 amide bonds. The molecule has 3 rings (SSSR count). The molecule has 6 nitrogen and oxygen atoms in total. The van der Waals surface area contributed by atoms with Crippen molar-refractivity contribution in [2.45, 2.75) is 27.2 Å². The van der Waals surface area contributed by atoms with E-state index in [1.54, 1.807) is 19.1 Å². The Hall–Kier alpha value is -2.54. The van der Waals surface area contributed by atoms with E-state index in [2.05, 4.69) is 5.32 Å². The largest absolute Gasteiger partial charge is 0.462 e. The number of carbonyl (C=O) groups excluding carboxylic acids is 2. The van der Waals surface area contributed by atoms with E-state index in [-0.39, 0.29) is 25.7 Å². The summed E-state index contributed by atoms with van der Waals surface area (Å²) in [4.78, 5) is 25.6. The normalized spacial score (nSPS) is 12.1. The van der Waals surface area contributed by atoms with Crippen LogP contribution in [0, 0.1) is 13.8 Å². The monoisotopic (exact) mass is 361 g/mol. The maximum absolute atomic E-state index is 12.4. The number of anilines is 1. The molecule has 2 heterocycles. The van der Waals surface area contributed by atoms with Gasteiger partial charge in [-0.3, -0.25) is 4.79 Å². The first-order chi connectivity index (χ1) is 12.0. The molecule has 0 aliphatic carbocycles. The van der Waals surface area contributed by atoms with Gasteiger partial charge in [0.15, 0.2) is 11.5 Å². The van der Waals surface area contributed by atoms with Crippen molar-refractivity contribution in [3.63, 3.8) is 0 Å². The molecule has 2 aromatic rings. The van der Waals surface area contributed by atoms with Gasteiger partial charge in [0.1, 0.15) is 5.00 Å². The van der Waals surface area contributed by atoms with E-state index in [1.807, 2.05) is 19.9 Å². The number of ether oxygens (including phenoxy) is 3. The second-order valence-corrected chi connectivity index (χ2v) is 6.85. The van der Waals surface area contributed by atoms with Crippen LogP contribution in [0.2, 0.25) is 0 Å². The number of esters is 1. The van der Waals surface area contributed by atoms with E-state index in [1.165, 1.54) is 11.3 Å². The zero-order valence-electron chi connectivity index (χ0n) is 14.3. The van der Waals surface area contributed by atoms with Gasteiger partial charge >= 0.3 is 5.97 Å². The van der Waals surface area contributed by atoms with Crippen molar-refractivity contribution >= 4 is 28.2 Å². The summed E-state index contributed by atoms with van der Waals surface area (Å²) in [6, 6.07) is 5.40. The predicted octanol–water partition coefficient (Wildman–Crippen LogP) is 3.45. The van der Waals surface area contributed by atoms with E-state index in [4.69, 9.17) is 14.2 Å². The lowest BCUT2D eigenvalue weighted by atomic mass is 10.1. The van der Waals surface area contributed by atoms with E-state index in [0.29, 0.717) is 22.1 Å². The number of rotatable bonds is 5. The Balaban J connectivity index is 1.75. The summed E-state index contributed by atoms with van der Waals surface area (Å²) in [5, 5.41) is 3.36. The first-order valence-corrected chi connectivity index (χ1v) is 8.76. The van der Waals surface area contributed by atoms with Crippen LogP contribution in [0.1, 0.15) is 33.3 Å². The van der Waals surface area contributed by atoms with Crippen LogP contribution in [0.25, 0.3) is 0 Å². The van der Waals surface area contributed by atoms with Crippen LogP contribution < -0.4 is 14.8 Å². The van der Waals surface area contributed by atoms with Crippen molar-refractivity contribution in [2.75, 3.05) is 18.7 Å². The number of hydrogen-bond donors (Lipinski definition) is 1. The number of aryl methyl sites for hydroxylation is 1. The summed E-state index contributed by atoms with van der Waals surface area (Å²) in [6.07, 6.45) is 0.175. The lowest BCUT2D eigenvalue weighted by molar-refractivity contribution is -0.115. The number of fused-ring (bicyclic) bond motifs is 1. The van der Waals surface area contributed by atoms with Crippen molar-refractivity contribution in [3.8, 4) is 11.5 Å². The smallest absolute Gasteiger partial charge is 0.341 e. The Labute approximate surface area is 149 Å². The second kappa shape index (κ2) is 7.14. The summed E-state index contributed by atoms with van der Waals surface area (Å²) in [5.41, 5.74) is 2.08. The Morgan fingerprint density at radius 2 is 2.00 bits per heavy atom. The van der Waals surface area contributed by atoms with E-state index in [9.17, 15) is 9.59 Å². The molecule has 0 saturated carbocycles. The topological polar surface area (TPSA) is 73.9 Å². The standard InChI is InChI=1S/C18H19NO5S/c1-4-22-18(21)16-10(2)11(3)25-17(16)19-15(20)8-12-5-6-13-14(7-12)24-9-23-13/h5-7H,4,8-9H2,1-3H3,(H,19,20). The Morgan fingerprint density at radius 3 is 2.76 bits per heavy atom. The second-order valence-electron chi connectivity index (χ2n) is 5.62. The fraction of sp³-hybridized carbons (Fsp3) is 0.333. The molecule has 1 aromatic heterocycles. The zero-order valence-corrected chi connectivity index (χ0v) is 15.1. The van der Waals surface area contributed by atoms with Crippen LogP contribution in [0.15, 0.2) is 18.2 Å². The molecule has 0 atom stereocenters. The van der Waals surface area contributed by atoms with Gasteiger partial charge in [0.25, 0.3) is 0 Å². The molecule has 0 bridgehead atoms. The molecular weight excluding hydrogens is 342 g/mol. The molecule has 7 heteroatoms.